The van der Waals surface area contributed by atoms with Gasteiger partial charge in [0.15, 0.2) is 0 Å². The molecule has 0 N–H and O–H groups in total. The molecule has 0 atom stereocenters. The minimum atomic E-state index is -4.70. The van der Waals surface area contributed by atoms with Crippen LogP contribution in [0.15, 0.2) is 46.9 Å². The van der Waals surface area contributed by atoms with Crippen molar-refractivity contribution >= 4 is 15.9 Å². The fraction of sp³-hybridized carbons (Fsp3) is 0.143. The molecular formula is C14H10BrF3O. The Kier molecular flexibility index (Phi) is 3.85. The van der Waals surface area contributed by atoms with Gasteiger partial charge in [-0.05, 0) is 30.2 Å². The van der Waals surface area contributed by atoms with Gasteiger partial charge in [-0.2, -0.15) is 0 Å². The Morgan fingerprint density at radius 1 is 0.947 bits per heavy atom. The van der Waals surface area contributed by atoms with E-state index in [2.05, 4.69) is 20.7 Å². The number of ether oxygens (including phenoxy) is 1. The largest absolute Gasteiger partial charge is 0.573 e. The molecule has 0 aromatic heterocycles. The molecule has 0 fully saturated rings. The number of benzene rings is 2. The second kappa shape index (κ2) is 5.25. The van der Waals surface area contributed by atoms with E-state index in [1.165, 1.54) is 12.1 Å². The van der Waals surface area contributed by atoms with Gasteiger partial charge in [-0.1, -0.05) is 46.3 Å². The van der Waals surface area contributed by atoms with E-state index in [1.54, 1.807) is 24.3 Å². The van der Waals surface area contributed by atoms with Crippen molar-refractivity contribution in [3.05, 3.63) is 52.5 Å². The zero-order valence-electron chi connectivity index (χ0n) is 9.96. The summed E-state index contributed by atoms with van der Waals surface area (Å²) < 4.78 is 42.1. The fourth-order valence-electron chi connectivity index (χ4n) is 1.80. The first-order valence-corrected chi connectivity index (χ1v) is 6.28. The lowest BCUT2D eigenvalue weighted by atomic mass is 10.00. The standard InChI is InChI=1S/C14H10BrF3O/c1-9-10(6-4-7-12(9)15)11-5-2-3-8-13(11)19-14(16,17)18/h2-8H,1H3. The van der Waals surface area contributed by atoms with Crippen LogP contribution in [0.2, 0.25) is 0 Å². The molecule has 19 heavy (non-hydrogen) atoms. The predicted octanol–water partition coefficient (Wildman–Crippen LogP) is 5.32. The molecule has 0 spiro atoms. The van der Waals surface area contributed by atoms with Gasteiger partial charge in [0.25, 0.3) is 0 Å². The molecule has 5 heteroatoms. The van der Waals surface area contributed by atoms with Gasteiger partial charge in [0.2, 0.25) is 0 Å². The van der Waals surface area contributed by atoms with E-state index in [0.717, 1.165) is 10.0 Å². The first-order valence-electron chi connectivity index (χ1n) is 5.49. The van der Waals surface area contributed by atoms with Crippen molar-refractivity contribution in [2.75, 3.05) is 0 Å². The molecule has 0 aliphatic heterocycles. The Balaban J connectivity index is 2.54. The van der Waals surface area contributed by atoms with Crippen LogP contribution in [0.4, 0.5) is 13.2 Å². The van der Waals surface area contributed by atoms with Gasteiger partial charge >= 0.3 is 6.36 Å². The monoisotopic (exact) mass is 330 g/mol. The van der Waals surface area contributed by atoms with Crippen LogP contribution in [0, 0.1) is 6.92 Å². The summed E-state index contributed by atoms with van der Waals surface area (Å²) in [5.41, 5.74) is 1.98. The second-order valence-electron chi connectivity index (χ2n) is 3.96. The van der Waals surface area contributed by atoms with Crippen LogP contribution >= 0.6 is 15.9 Å². The quantitative estimate of drug-likeness (QED) is 0.723. The first kappa shape index (κ1) is 13.9. The molecule has 0 unspecified atom stereocenters. The summed E-state index contributed by atoms with van der Waals surface area (Å²) in [6, 6.07) is 11.5. The molecule has 2 rings (SSSR count). The summed E-state index contributed by atoms with van der Waals surface area (Å²) in [4.78, 5) is 0. The molecule has 2 aromatic rings. The van der Waals surface area contributed by atoms with Crippen LogP contribution in [0.3, 0.4) is 0 Å². The maximum Gasteiger partial charge on any atom is 0.573 e. The lowest BCUT2D eigenvalue weighted by Crippen LogP contribution is -2.17. The lowest BCUT2D eigenvalue weighted by Gasteiger charge is -2.15. The zero-order chi connectivity index (χ0) is 14.0. The van der Waals surface area contributed by atoms with E-state index < -0.39 is 6.36 Å². The van der Waals surface area contributed by atoms with Gasteiger partial charge in [-0.15, -0.1) is 13.2 Å². The topological polar surface area (TPSA) is 9.23 Å². The smallest absolute Gasteiger partial charge is 0.405 e. The summed E-state index contributed by atoms with van der Waals surface area (Å²) in [5.74, 6) is -0.198. The van der Waals surface area contributed by atoms with Crippen molar-refractivity contribution in [3.63, 3.8) is 0 Å². The minimum absolute atomic E-state index is 0.198. The van der Waals surface area contributed by atoms with Gasteiger partial charge in [-0.25, -0.2) is 0 Å². The SMILES string of the molecule is Cc1c(Br)cccc1-c1ccccc1OC(F)(F)F. The Hall–Kier alpha value is -1.49. The number of hydrogen-bond donors (Lipinski definition) is 0. The van der Waals surface area contributed by atoms with Crippen molar-refractivity contribution < 1.29 is 17.9 Å². The van der Waals surface area contributed by atoms with Gasteiger partial charge in [0.05, 0.1) is 0 Å². The average Bonchev–Trinajstić information content (AvgIpc) is 2.32. The Labute approximate surface area is 117 Å². The third kappa shape index (κ3) is 3.29. The molecule has 0 amide bonds. The van der Waals surface area contributed by atoms with Gasteiger partial charge in [0.1, 0.15) is 5.75 Å². The number of para-hydroxylation sites is 1. The lowest BCUT2D eigenvalue weighted by molar-refractivity contribution is -0.274. The minimum Gasteiger partial charge on any atom is -0.405 e. The van der Waals surface area contributed by atoms with Gasteiger partial charge in [-0.3, -0.25) is 0 Å². The van der Waals surface area contributed by atoms with E-state index >= 15 is 0 Å². The van der Waals surface area contributed by atoms with Crippen LogP contribution in [0.1, 0.15) is 5.56 Å². The number of hydrogen-bond acceptors (Lipinski definition) is 1. The maximum absolute atomic E-state index is 12.4. The highest BCUT2D eigenvalue weighted by Crippen LogP contribution is 2.36. The third-order valence-corrected chi connectivity index (χ3v) is 3.53. The summed E-state index contributed by atoms with van der Waals surface area (Å²) in [7, 11) is 0. The van der Waals surface area contributed by atoms with Crippen molar-refractivity contribution in [1.82, 2.24) is 0 Å². The normalized spacial score (nSPS) is 11.4. The van der Waals surface area contributed by atoms with Crippen LogP contribution in [-0.2, 0) is 0 Å². The van der Waals surface area contributed by atoms with Crippen LogP contribution < -0.4 is 4.74 Å². The van der Waals surface area contributed by atoms with E-state index in [-0.39, 0.29) is 5.75 Å². The highest BCUT2D eigenvalue weighted by atomic mass is 79.9. The molecule has 0 aliphatic rings. The number of halogens is 4. The van der Waals surface area contributed by atoms with Crippen molar-refractivity contribution in [3.8, 4) is 16.9 Å². The molecule has 0 aliphatic carbocycles. The first-order chi connectivity index (χ1) is 8.88. The molecule has 1 nitrogen and oxygen atoms in total. The van der Waals surface area contributed by atoms with Crippen molar-refractivity contribution in [2.45, 2.75) is 13.3 Å². The number of alkyl halides is 3. The van der Waals surface area contributed by atoms with E-state index in [1.807, 2.05) is 13.0 Å². The average molecular weight is 331 g/mol. The molecule has 0 bridgehead atoms. The molecule has 0 saturated heterocycles. The van der Waals surface area contributed by atoms with E-state index in [9.17, 15) is 13.2 Å². The van der Waals surface area contributed by atoms with Crippen molar-refractivity contribution in [1.29, 1.82) is 0 Å². The summed E-state index contributed by atoms with van der Waals surface area (Å²) in [5, 5.41) is 0. The molecule has 0 saturated carbocycles. The van der Waals surface area contributed by atoms with Crippen molar-refractivity contribution in [2.24, 2.45) is 0 Å². The second-order valence-corrected chi connectivity index (χ2v) is 4.81. The summed E-state index contributed by atoms with van der Waals surface area (Å²) >= 11 is 3.37. The highest BCUT2D eigenvalue weighted by molar-refractivity contribution is 9.10. The summed E-state index contributed by atoms with van der Waals surface area (Å²) in [6.07, 6.45) is -4.70. The van der Waals surface area contributed by atoms with E-state index in [4.69, 9.17) is 0 Å². The van der Waals surface area contributed by atoms with Crippen LogP contribution in [0.5, 0.6) is 5.75 Å². The fourth-order valence-corrected chi connectivity index (χ4v) is 2.17. The Morgan fingerprint density at radius 2 is 1.58 bits per heavy atom. The molecule has 0 radical (unpaired) electrons. The van der Waals surface area contributed by atoms with Crippen LogP contribution in [0.25, 0.3) is 11.1 Å². The van der Waals surface area contributed by atoms with Crippen LogP contribution in [-0.4, -0.2) is 6.36 Å². The summed E-state index contributed by atoms with van der Waals surface area (Å²) in [6.45, 7) is 1.84. The molecule has 0 heterocycles. The molecular weight excluding hydrogens is 321 g/mol. The molecule has 100 valence electrons. The highest BCUT2D eigenvalue weighted by Gasteiger charge is 2.32. The molecule has 2 aromatic carbocycles. The zero-order valence-corrected chi connectivity index (χ0v) is 11.5. The maximum atomic E-state index is 12.4. The number of rotatable bonds is 2. The van der Waals surface area contributed by atoms with Gasteiger partial charge < -0.3 is 4.74 Å². The predicted molar refractivity (Wildman–Crippen MR) is 71.0 cm³/mol. The van der Waals surface area contributed by atoms with Gasteiger partial charge in [0, 0.05) is 10.0 Å². The Morgan fingerprint density at radius 3 is 2.26 bits per heavy atom. The Bertz CT molecular complexity index is 593. The van der Waals surface area contributed by atoms with E-state index in [0.29, 0.717) is 11.1 Å². The third-order valence-electron chi connectivity index (χ3n) is 2.67.